The molecule has 0 aliphatic rings. The Morgan fingerprint density at radius 2 is 1.58 bits per heavy atom. The first kappa shape index (κ1) is 29.0. The third-order valence-corrected chi connectivity index (χ3v) is 5.99. The summed E-state index contributed by atoms with van der Waals surface area (Å²) in [4.78, 5) is 27.6. The van der Waals surface area contributed by atoms with E-state index >= 15 is 0 Å². The molecular weight excluding hydrogens is 504 g/mol. The number of ether oxygens (including phenoxy) is 2. The minimum atomic E-state index is -0.899. The van der Waals surface area contributed by atoms with Crippen LogP contribution in [-0.4, -0.2) is 47.8 Å². The molecule has 0 radical (unpaired) electrons. The smallest absolute Gasteiger partial charge is 0.410 e. The molecule has 0 saturated heterocycles. The number of hydrogen-bond acceptors (Lipinski definition) is 6. The fraction of sp³-hybridized carbons (Fsp3) is 0.333. The van der Waals surface area contributed by atoms with Crippen LogP contribution in [0, 0.1) is 0 Å². The Balaban J connectivity index is 1.67. The van der Waals surface area contributed by atoms with Gasteiger partial charge in [0.25, 0.3) is 0 Å². The zero-order valence-corrected chi connectivity index (χ0v) is 23.2. The highest BCUT2D eigenvalue weighted by Gasteiger charge is 2.24. The van der Waals surface area contributed by atoms with Crippen LogP contribution in [0.1, 0.15) is 44.9 Å². The van der Waals surface area contributed by atoms with Crippen LogP contribution in [0.3, 0.4) is 0 Å². The summed E-state index contributed by atoms with van der Waals surface area (Å²) in [7, 11) is 1.96. The van der Waals surface area contributed by atoms with Crippen LogP contribution in [-0.2, 0) is 16.0 Å². The van der Waals surface area contributed by atoms with E-state index in [1.54, 1.807) is 36.4 Å². The molecule has 0 unspecified atom stereocenters. The summed E-state index contributed by atoms with van der Waals surface area (Å²) in [5, 5.41) is 11.3. The van der Waals surface area contributed by atoms with Crippen molar-refractivity contribution in [2.45, 2.75) is 45.8 Å². The minimum Gasteiger partial charge on any atom is -0.444 e. The van der Waals surface area contributed by atoms with Crippen molar-refractivity contribution in [3.05, 3.63) is 88.9 Å². The molecule has 38 heavy (non-hydrogen) atoms. The second kappa shape index (κ2) is 12.8. The van der Waals surface area contributed by atoms with Crippen molar-refractivity contribution in [1.82, 2.24) is 4.90 Å². The van der Waals surface area contributed by atoms with Gasteiger partial charge in [-0.1, -0.05) is 35.9 Å². The number of aliphatic hydroxyl groups excluding tert-OH is 1. The Labute approximate surface area is 229 Å². The van der Waals surface area contributed by atoms with Crippen molar-refractivity contribution < 1.29 is 24.2 Å². The van der Waals surface area contributed by atoms with Crippen molar-refractivity contribution in [2.24, 2.45) is 0 Å². The van der Waals surface area contributed by atoms with E-state index in [1.165, 1.54) is 11.8 Å². The average molecular weight is 539 g/mol. The molecule has 8 heteroatoms. The number of carbonyl (C=O) groups excluding carboxylic acids is 2. The highest BCUT2D eigenvalue weighted by atomic mass is 35.5. The second-order valence-electron chi connectivity index (χ2n) is 10.1. The van der Waals surface area contributed by atoms with E-state index in [2.05, 4.69) is 0 Å². The van der Waals surface area contributed by atoms with Crippen LogP contribution in [0.2, 0.25) is 5.02 Å². The third kappa shape index (κ3) is 8.78. The van der Waals surface area contributed by atoms with Gasteiger partial charge in [-0.05, 0) is 86.8 Å². The van der Waals surface area contributed by atoms with Gasteiger partial charge in [-0.2, -0.15) is 0 Å². The first-order chi connectivity index (χ1) is 17.9. The zero-order chi connectivity index (χ0) is 27.9. The number of aliphatic hydroxyl groups is 1. The molecule has 3 rings (SSSR count). The lowest BCUT2D eigenvalue weighted by atomic mass is 10.1. The van der Waals surface area contributed by atoms with Crippen molar-refractivity contribution >= 4 is 35.0 Å². The number of halogens is 1. The molecule has 0 aliphatic heterocycles. The Kier molecular flexibility index (Phi) is 9.78. The van der Waals surface area contributed by atoms with Gasteiger partial charge in [0.1, 0.15) is 11.4 Å². The lowest BCUT2D eigenvalue weighted by molar-refractivity contribution is -0.131. The van der Waals surface area contributed by atoms with Crippen LogP contribution < -0.4 is 9.64 Å². The van der Waals surface area contributed by atoms with Crippen molar-refractivity contribution in [1.29, 1.82) is 0 Å². The van der Waals surface area contributed by atoms with Gasteiger partial charge in [0.05, 0.1) is 12.6 Å². The van der Waals surface area contributed by atoms with Gasteiger partial charge in [-0.25, -0.2) is 4.79 Å². The minimum absolute atomic E-state index is 0.0828. The number of hydrogen-bond donors (Lipinski definition) is 1. The van der Waals surface area contributed by atoms with Crippen LogP contribution in [0.25, 0.3) is 0 Å². The quantitative estimate of drug-likeness (QED) is 0.246. The van der Waals surface area contributed by atoms with Crippen molar-refractivity contribution in [3.63, 3.8) is 0 Å². The van der Waals surface area contributed by atoms with Crippen LogP contribution in [0.4, 0.5) is 16.2 Å². The number of carbonyl (C=O) groups is 2. The lowest BCUT2D eigenvalue weighted by Crippen LogP contribution is -2.40. The molecule has 1 N–H and O–H groups in total. The topological polar surface area (TPSA) is 79.3 Å². The molecule has 0 aliphatic carbocycles. The number of anilines is 2. The monoisotopic (exact) mass is 538 g/mol. The van der Waals surface area contributed by atoms with Gasteiger partial charge in [0, 0.05) is 36.9 Å². The van der Waals surface area contributed by atoms with E-state index in [4.69, 9.17) is 21.1 Å². The molecule has 0 heterocycles. The summed E-state index contributed by atoms with van der Waals surface area (Å²) < 4.78 is 10.7. The summed E-state index contributed by atoms with van der Waals surface area (Å²) in [5.74, 6) is 0.144. The van der Waals surface area contributed by atoms with E-state index in [9.17, 15) is 14.7 Å². The molecule has 0 aromatic heterocycles. The third-order valence-electron chi connectivity index (χ3n) is 5.76. The van der Waals surface area contributed by atoms with Crippen LogP contribution in [0.5, 0.6) is 5.75 Å². The fourth-order valence-corrected chi connectivity index (χ4v) is 4.01. The molecule has 202 valence electrons. The number of esters is 1. The van der Waals surface area contributed by atoms with Crippen molar-refractivity contribution in [3.8, 4) is 5.75 Å². The zero-order valence-electron chi connectivity index (χ0n) is 22.5. The van der Waals surface area contributed by atoms with E-state index in [1.807, 2.05) is 69.1 Å². The molecule has 7 nitrogen and oxygen atoms in total. The van der Waals surface area contributed by atoms with E-state index in [0.717, 1.165) is 16.9 Å². The van der Waals surface area contributed by atoms with E-state index < -0.39 is 17.8 Å². The Morgan fingerprint density at radius 3 is 2.13 bits per heavy atom. The SMILES string of the molecule is CC(=O)Oc1ccc(N(C)c2ccc(CCN(C[C@@H](O)c3cccc(Cl)c3)C(=O)OC(C)(C)C)cc2)cc1. The maximum Gasteiger partial charge on any atom is 0.410 e. The average Bonchev–Trinajstić information content (AvgIpc) is 2.85. The molecule has 1 amide bonds. The summed E-state index contributed by atoms with van der Waals surface area (Å²) in [6.07, 6.45) is -0.792. The Bertz CT molecular complexity index is 1220. The fourth-order valence-electron chi connectivity index (χ4n) is 3.81. The molecule has 0 saturated carbocycles. The van der Waals surface area contributed by atoms with Gasteiger partial charge in [0.2, 0.25) is 0 Å². The van der Waals surface area contributed by atoms with Crippen LogP contribution >= 0.6 is 11.6 Å². The number of amides is 1. The number of nitrogens with zero attached hydrogens (tertiary/aromatic N) is 2. The van der Waals surface area contributed by atoms with Gasteiger partial charge in [-0.3, -0.25) is 4.79 Å². The maximum atomic E-state index is 12.9. The second-order valence-corrected chi connectivity index (χ2v) is 10.5. The lowest BCUT2D eigenvalue weighted by Gasteiger charge is -2.29. The molecule has 0 fully saturated rings. The summed E-state index contributed by atoms with van der Waals surface area (Å²) >= 11 is 6.08. The standard InChI is InChI=1S/C30H35ClN2O5/c1-21(34)37-27-15-13-26(14-16-27)32(5)25-11-9-22(10-12-25)17-18-33(29(36)38-30(2,3)4)20-28(35)23-7-6-8-24(31)19-23/h6-16,19,28,35H,17-18,20H2,1-5H3/t28-/m1/s1. The highest BCUT2D eigenvalue weighted by Crippen LogP contribution is 2.26. The molecule has 3 aromatic carbocycles. The van der Waals surface area contributed by atoms with Gasteiger partial charge >= 0.3 is 12.1 Å². The number of benzene rings is 3. The Hall–Kier alpha value is -3.55. The normalized spacial score (nSPS) is 12.0. The van der Waals surface area contributed by atoms with Crippen molar-refractivity contribution in [2.75, 3.05) is 25.0 Å². The number of rotatable bonds is 9. The predicted molar refractivity (Wildman–Crippen MR) is 150 cm³/mol. The van der Waals surface area contributed by atoms with E-state index in [0.29, 0.717) is 29.3 Å². The molecular formula is C30H35ClN2O5. The van der Waals surface area contributed by atoms with Gasteiger partial charge in [-0.15, -0.1) is 0 Å². The first-order valence-corrected chi connectivity index (χ1v) is 12.8. The maximum absolute atomic E-state index is 12.9. The molecule has 0 spiro atoms. The van der Waals surface area contributed by atoms with Gasteiger partial charge in [0.15, 0.2) is 0 Å². The summed E-state index contributed by atoms with van der Waals surface area (Å²) in [6, 6.07) is 22.3. The molecule has 3 aromatic rings. The first-order valence-electron chi connectivity index (χ1n) is 12.4. The molecule has 0 bridgehead atoms. The highest BCUT2D eigenvalue weighted by molar-refractivity contribution is 6.30. The summed E-state index contributed by atoms with van der Waals surface area (Å²) in [6.45, 7) is 7.27. The van der Waals surface area contributed by atoms with Gasteiger partial charge < -0.3 is 24.4 Å². The summed E-state index contributed by atoms with van der Waals surface area (Å²) in [5.41, 5.74) is 2.95. The van der Waals surface area contributed by atoms with E-state index in [-0.39, 0.29) is 12.5 Å². The largest absolute Gasteiger partial charge is 0.444 e. The Morgan fingerprint density at radius 1 is 0.974 bits per heavy atom. The van der Waals surface area contributed by atoms with Crippen LogP contribution in [0.15, 0.2) is 72.8 Å². The predicted octanol–water partition coefficient (Wildman–Crippen LogP) is 6.55. The molecule has 1 atom stereocenters.